The summed E-state index contributed by atoms with van der Waals surface area (Å²) in [4.78, 5) is 21.0. The quantitative estimate of drug-likeness (QED) is 0.580. The van der Waals surface area contributed by atoms with Crippen molar-refractivity contribution >= 4 is 17.8 Å². The Labute approximate surface area is 172 Å². The van der Waals surface area contributed by atoms with Crippen LogP contribution < -0.4 is 15.8 Å². The second kappa shape index (κ2) is 9.00. The van der Waals surface area contributed by atoms with E-state index in [0.717, 1.165) is 5.56 Å². The molecular formula is C21H23F2N5O2. The summed E-state index contributed by atoms with van der Waals surface area (Å²) in [6.07, 6.45) is 3.29. The van der Waals surface area contributed by atoms with Crippen molar-refractivity contribution in [1.29, 1.82) is 0 Å². The van der Waals surface area contributed by atoms with E-state index in [9.17, 15) is 13.6 Å². The Bertz CT molecular complexity index is 1090. The van der Waals surface area contributed by atoms with Crippen LogP contribution in [0.15, 0.2) is 35.5 Å². The number of carbonyl (C=O) groups is 1. The van der Waals surface area contributed by atoms with Crippen LogP contribution in [0.5, 0.6) is 5.75 Å². The average Bonchev–Trinajstić information content (AvgIpc) is 3.01. The summed E-state index contributed by atoms with van der Waals surface area (Å²) in [5, 5.41) is 2.76. The number of pyridine rings is 1. The van der Waals surface area contributed by atoms with Gasteiger partial charge in [0.05, 0.1) is 17.3 Å². The number of hydrogen-bond donors (Lipinski definition) is 2. The Morgan fingerprint density at radius 3 is 2.73 bits per heavy atom. The summed E-state index contributed by atoms with van der Waals surface area (Å²) in [6, 6.07) is 4.93. The molecule has 158 valence electrons. The zero-order valence-electron chi connectivity index (χ0n) is 16.9. The zero-order chi connectivity index (χ0) is 21.8. The lowest BCUT2D eigenvalue weighted by atomic mass is 10.2. The minimum absolute atomic E-state index is 0.176. The molecule has 0 radical (unpaired) electrons. The molecule has 3 N–H and O–H groups in total. The summed E-state index contributed by atoms with van der Waals surface area (Å²) in [7, 11) is 1.60. The predicted molar refractivity (Wildman–Crippen MR) is 110 cm³/mol. The molecule has 0 aliphatic heterocycles. The van der Waals surface area contributed by atoms with E-state index in [0.29, 0.717) is 22.8 Å². The number of aromatic nitrogens is 2. The van der Waals surface area contributed by atoms with Crippen molar-refractivity contribution in [3.05, 3.63) is 64.6 Å². The van der Waals surface area contributed by atoms with Gasteiger partial charge in [-0.15, -0.1) is 0 Å². The molecule has 2 heterocycles. The van der Waals surface area contributed by atoms with Crippen molar-refractivity contribution in [2.24, 2.45) is 10.7 Å². The van der Waals surface area contributed by atoms with E-state index in [2.05, 4.69) is 15.3 Å². The third kappa shape index (κ3) is 4.46. The highest BCUT2D eigenvalue weighted by Crippen LogP contribution is 2.26. The average molecular weight is 415 g/mol. The van der Waals surface area contributed by atoms with Gasteiger partial charge >= 0.3 is 0 Å². The van der Waals surface area contributed by atoms with E-state index in [1.54, 1.807) is 36.8 Å². The molecule has 2 aromatic heterocycles. The van der Waals surface area contributed by atoms with E-state index >= 15 is 0 Å². The summed E-state index contributed by atoms with van der Waals surface area (Å²) in [5.41, 5.74) is 7.63. The lowest BCUT2D eigenvalue weighted by Crippen LogP contribution is -2.38. The fraction of sp³-hybridized carbons (Fsp3) is 0.286. The zero-order valence-corrected chi connectivity index (χ0v) is 16.9. The first-order valence-corrected chi connectivity index (χ1v) is 9.32. The largest absolute Gasteiger partial charge is 0.485 e. The molecule has 7 nitrogen and oxygen atoms in total. The fourth-order valence-electron chi connectivity index (χ4n) is 3.10. The molecule has 0 bridgehead atoms. The number of imidazole rings is 1. The number of amides is 1. The summed E-state index contributed by atoms with van der Waals surface area (Å²) < 4.78 is 35.1. The molecule has 3 aromatic rings. The first-order chi connectivity index (χ1) is 14.3. The van der Waals surface area contributed by atoms with Gasteiger partial charge in [-0.2, -0.15) is 0 Å². The molecule has 0 spiro atoms. The van der Waals surface area contributed by atoms with Crippen molar-refractivity contribution in [2.75, 3.05) is 13.6 Å². The third-order valence-electron chi connectivity index (χ3n) is 4.48. The van der Waals surface area contributed by atoms with Crippen LogP contribution in [-0.4, -0.2) is 41.1 Å². The number of ether oxygens (including phenoxy) is 1. The summed E-state index contributed by atoms with van der Waals surface area (Å²) >= 11 is 0. The lowest BCUT2D eigenvalue weighted by molar-refractivity contribution is 0.0947. The monoisotopic (exact) mass is 415 g/mol. The first-order valence-electron chi connectivity index (χ1n) is 9.32. The van der Waals surface area contributed by atoms with E-state index in [1.165, 1.54) is 18.2 Å². The standard InChI is InChI=1S/C21H23F2N5O2/c1-12-7-18(30-11-15-16(22)5-4-6-17(15)23)20-27-13(2)19(28(20)10-12)21(29)26-9-14(24)8-25-3/h4-8,10,14H,9,11,24H2,1-3H3,(H,26,29)/b25-8+. The van der Waals surface area contributed by atoms with Gasteiger partial charge in [0.1, 0.15) is 23.9 Å². The Morgan fingerprint density at radius 1 is 1.37 bits per heavy atom. The maximum Gasteiger partial charge on any atom is 0.270 e. The molecule has 1 atom stereocenters. The minimum atomic E-state index is -0.690. The van der Waals surface area contributed by atoms with Crippen LogP contribution in [0, 0.1) is 25.5 Å². The molecule has 0 saturated heterocycles. The number of benzene rings is 1. The van der Waals surface area contributed by atoms with Crippen LogP contribution in [0.3, 0.4) is 0 Å². The second-order valence-electron chi connectivity index (χ2n) is 6.89. The van der Waals surface area contributed by atoms with Crippen LogP contribution in [0.4, 0.5) is 8.78 Å². The van der Waals surface area contributed by atoms with Crippen LogP contribution in [0.1, 0.15) is 27.3 Å². The van der Waals surface area contributed by atoms with Gasteiger partial charge < -0.3 is 15.8 Å². The maximum atomic E-state index is 13.9. The summed E-state index contributed by atoms with van der Waals surface area (Å²) in [6.45, 7) is 3.42. The molecule has 9 heteroatoms. The number of nitrogens with zero attached hydrogens (tertiary/aromatic N) is 3. The SMILES string of the molecule is C/N=C/C(N)CNC(=O)c1c(C)nc2c(OCc3c(F)cccc3F)cc(C)cn12. The Hall–Kier alpha value is -3.33. The molecular weight excluding hydrogens is 392 g/mol. The van der Waals surface area contributed by atoms with Crippen LogP contribution in [0.25, 0.3) is 5.65 Å². The van der Waals surface area contributed by atoms with Crippen molar-refractivity contribution in [3.8, 4) is 5.75 Å². The second-order valence-corrected chi connectivity index (χ2v) is 6.89. The van der Waals surface area contributed by atoms with Gasteiger partial charge in [-0.1, -0.05) is 6.07 Å². The third-order valence-corrected chi connectivity index (χ3v) is 4.48. The maximum absolute atomic E-state index is 13.9. The van der Waals surface area contributed by atoms with E-state index in [1.807, 2.05) is 6.92 Å². The fourth-order valence-corrected chi connectivity index (χ4v) is 3.10. The number of nitrogens with one attached hydrogen (secondary N) is 1. The lowest BCUT2D eigenvalue weighted by Gasteiger charge is -2.12. The molecule has 1 aromatic carbocycles. The minimum Gasteiger partial charge on any atom is -0.485 e. The van der Waals surface area contributed by atoms with Crippen LogP contribution in [0.2, 0.25) is 0 Å². The molecule has 0 aliphatic rings. The smallest absolute Gasteiger partial charge is 0.270 e. The number of carbonyl (C=O) groups excluding carboxylic acids is 1. The number of aliphatic imine (C=N–C) groups is 1. The van der Waals surface area contributed by atoms with Crippen molar-refractivity contribution in [2.45, 2.75) is 26.5 Å². The Balaban J connectivity index is 1.91. The number of aryl methyl sites for hydroxylation is 2. The van der Waals surface area contributed by atoms with Crippen LogP contribution in [-0.2, 0) is 6.61 Å². The number of rotatable bonds is 7. The van der Waals surface area contributed by atoms with Crippen LogP contribution >= 0.6 is 0 Å². The van der Waals surface area contributed by atoms with Gasteiger partial charge in [0, 0.05) is 26.0 Å². The van der Waals surface area contributed by atoms with Gasteiger partial charge in [-0.05, 0) is 37.6 Å². The van der Waals surface area contributed by atoms with E-state index < -0.39 is 17.7 Å². The first kappa shape index (κ1) is 21.4. The highest BCUT2D eigenvalue weighted by Gasteiger charge is 2.20. The number of fused-ring (bicyclic) bond motifs is 1. The molecule has 0 fully saturated rings. The van der Waals surface area contributed by atoms with Crippen molar-refractivity contribution < 1.29 is 18.3 Å². The van der Waals surface area contributed by atoms with Crippen molar-refractivity contribution in [1.82, 2.24) is 14.7 Å². The molecule has 3 rings (SSSR count). The van der Waals surface area contributed by atoms with Gasteiger partial charge in [0.25, 0.3) is 5.91 Å². The number of halogens is 2. The van der Waals surface area contributed by atoms with Gasteiger partial charge in [0.2, 0.25) is 0 Å². The topological polar surface area (TPSA) is 94.0 Å². The van der Waals surface area contributed by atoms with Crippen molar-refractivity contribution in [3.63, 3.8) is 0 Å². The predicted octanol–water partition coefficient (Wildman–Crippen LogP) is 2.57. The van der Waals surface area contributed by atoms with E-state index in [-0.39, 0.29) is 24.6 Å². The van der Waals surface area contributed by atoms with E-state index in [4.69, 9.17) is 10.5 Å². The Kier molecular flexibility index (Phi) is 6.41. The van der Waals surface area contributed by atoms with Gasteiger partial charge in [-0.3, -0.25) is 14.2 Å². The highest BCUT2D eigenvalue weighted by molar-refractivity contribution is 5.95. The molecule has 1 amide bonds. The molecule has 0 aliphatic carbocycles. The number of hydrogen-bond acceptors (Lipinski definition) is 5. The normalized spacial score (nSPS) is 12.5. The molecule has 1 unspecified atom stereocenters. The Morgan fingerprint density at radius 2 is 2.07 bits per heavy atom. The van der Waals surface area contributed by atoms with Gasteiger partial charge in [-0.25, -0.2) is 13.8 Å². The summed E-state index contributed by atoms with van der Waals surface area (Å²) in [5.74, 6) is -1.42. The highest BCUT2D eigenvalue weighted by atomic mass is 19.1. The van der Waals surface area contributed by atoms with Gasteiger partial charge in [0.15, 0.2) is 11.4 Å². The number of nitrogens with two attached hydrogens (primary N) is 1. The molecule has 30 heavy (non-hydrogen) atoms. The molecule has 0 saturated carbocycles.